The van der Waals surface area contributed by atoms with Crippen molar-refractivity contribution in [2.45, 2.75) is 32.2 Å². The summed E-state index contributed by atoms with van der Waals surface area (Å²) in [4.78, 5) is 19.7. The molecule has 0 radical (unpaired) electrons. The molecule has 5 rings (SSSR count). The Morgan fingerprint density at radius 2 is 2.22 bits per heavy atom. The molecular formula is C25H26N4O2S. The maximum Gasteiger partial charge on any atom is 0.246 e. The Bertz CT molecular complexity index is 1350. The molecule has 7 heteroatoms. The van der Waals surface area contributed by atoms with Gasteiger partial charge in [0.05, 0.1) is 17.3 Å². The van der Waals surface area contributed by atoms with Crippen LogP contribution < -0.4 is 10.5 Å². The molecule has 1 amide bonds. The van der Waals surface area contributed by atoms with E-state index in [-0.39, 0.29) is 11.9 Å². The third-order valence-electron chi connectivity index (χ3n) is 6.28. The van der Waals surface area contributed by atoms with E-state index in [0.29, 0.717) is 5.82 Å². The number of thiophene rings is 1. The maximum absolute atomic E-state index is 12.3. The summed E-state index contributed by atoms with van der Waals surface area (Å²) in [6.07, 6.45) is 7.86. The van der Waals surface area contributed by atoms with Gasteiger partial charge in [0, 0.05) is 47.5 Å². The molecule has 2 N–H and O–H groups in total. The Hall–Kier alpha value is -3.32. The van der Waals surface area contributed by atoms with E-state index in [4.69, 9.17) is 10.5 Å². The lowest BCUT2D eigenvalue weighted by Gasteiger charge is -2.23. The SMILES string of the molecule is C=CC(=O)N1CCC[C@@H]1Cc1cc(-c2cc3cc(C)cc(OC)c3s2)c2c(N)nccn12. The topological polar surface area (TPSA) is 72.9 Å². The molecule has 3 aromatic heterocycles. The third-order valence-corrected chi connectivity index (χ3v) is 7.48. The lowest BCUT2D eigenvalue weighted by Crippen LogP contribution is -2.35. The molecule has 1 saturated heterocycles. The molecule has 0 aliphatic carbocycles. The number of nitrogens with zero attached hydrogens (tertiary/aromatic N) is 3. The van der Waals surface area contributed by atoms with Crippen molar-refractivity contribution in [1.29, 1.82) is 0 Å². The van der Waals surface area contributed by atoms with Crippen LogP contribution in [0.1, 0.15) is 24.1 Å². The third kappa shape index (κ3) is 3.33. The number of likely N-dealkylation sites (tertiary alicyclic amines) is 1. The first kappa shape index (κ1) is 20.6. The minimum absolute atomic E-state index is 0.00161. The second-order valence-corrected chi connectivity index (χ2v) is 9.36. The van der Waals surface area contributed by atoms with Crippen molar-refractivity contribution >= 4 is 38.7 Å². The normalized spacial score (nSPS) is 16.2. The summed E-state index contributed by atoms with van der Waals surface area (Å²) in [5.41, 5.74) is 10.6. The van der Waals surface area contributed by atoms with Gasteiger partial charge in [-0.3, -0.25) is 4.79 Å². The highest BCUT2D eigenvalue weighted by Crippen LogP contribution is 2.42. The number of carbonyl (C=O) groups excluding carboxylic acids is 1. The smallest absolute Gasteiger partial charge is 0.246 e. The first-order chi connectivity index (χ1) is 15.5. The van der Waals surface area contributed by atoms with Crippen LogP contribution in [0, 0.1) is 6.92 Å². The van der Waals surface area contributed by atoms with Gasteiger partial charge in [0.15, 0.2) is 0 Å². The number of hydrogen-bond acceptors (Lipinski definition) is 5. The average molecular weight is 447 g/mol. The minimum atomic E-state index is 0.00161. The monoisotopic (exact) mass is 446 g/mol. The molecule has 1 aliphatic rings. The van der Waals surface area contributed by atoms with Gasteiger partial charge in [0.2, 0.25) is 5.91 Å². The van der Waals surface area contributed by atoms with Gasteiger partial charge in [-0.25, -0.2) is 4.98 Å². The molecule has 0 bridgehead atoms. The highest BCUT2D eigenvalue weighted by atomic mass is 32.1. The molecule has 164 valence electrons. The van der Waals surface area contributed by atoms with Gasteiger partial charge in [0.1, 0.15) is 11.6 Å². The van der Waals surface area contributed by atoms with Crippen molar-refractivity contribution in [3.8, 4) is 16.2 Å². The molecule has 1 aromatic carbocycles. The van der Waals surface area contributed by atoms with E-state index in [9.17, 15) is 4.79 Å². The maximum atomic E-state index is 12.3. The average Bonchev–Trinajstić information content (AvgIpc) is 3.50. The van der Waals surface area contributed by atoms with Gasteiger partial charge in [-0.1, -0.05) is 12.6 Å². The number of hydrogen-bond donors (Lipinski definition) is 1. The number of aryl methyl sites for hydroxylation is 1. The predicted molar refractivity (Wildman–Crippen MR) is 130 cm³/mol. The Balaban J connectivity index is 1.63. The Morgan fingerprint density at radius 3 is 3.00 bits per heavy atom. The fraction of sp³-hybridized carbons (Fsp3) is 0.280. The van der Waals surface area contributed by atoms with Gasteiger partial charge < -0.3 is 19.8 Å². The number of fused-ring (bicyclic) bond motifs is 2. The molecule has 0 spiro atoms. The zero-order valence-corrected chi connectivity index (χ0v) is 19.1. The molecule has 0 unspecified atom stereocenters. The molecule has 0 saturated carbocycles. The lowest BCUT2D eigenvalue weighted by atomic mass is 10.1. The molecular weight excluding hydrogens is 420 g/mol. The van der Waals surface area contributed by atoms with Gasteiger partial charge in [0.25, 0.3) is 0 Å². The molecule has 1 aliphatic heterocycles. The van der Waals surface area contributed by atoms with E-state index >= 15 is 0 Å². The summed E-state index contributed by atoms with van der Waals surface area (Å²) >= 11 is 1.70. The van der Waals surface area contributed by atoms with Crippen molar-refractivity contribution in [2.24, 2.45) is 0 Å². The van der Waals surface area contributed by atoms with E-state index in [1.165, 1.54) is 6.08 Å². The first-order valence-electron chi connectivity index (χ1n) is 10.8. The van der Waals surface area contributed by atoms with Crippen LogP contribution in [-0.2, 0) is 11.2 Å². The van der Waals surface area contributed by atoms with Crippen LogP contribution in [0.15, 0.2) is 49.3 Å². The number of nitrogens with two attached hydrogens (primary N) is 1. The number of methoxy groups -OCH3 is 1. The number of carbonyl (C=O) groups is 1. The molecule has 6 nitrogen and oxygen atoms in total. The number of ether oxygens (including phenoxy) is 1. The second-order valence-electron chi connectivity index (χ2n) is 8.31. The van der Waals surface area contributed by atoms with Crippen LogP contribution in [0.4, 0.5) is 5.82 Å². The summed E-state index contributed by atoms with van der Waals surface area (Å²) in [7, 11) is 1.71. The summed E-state index contributed by atoms with van der Waals surface area (Å²) in [6, 6.07) is 8.80. The first-order valence-corrected chi connectivity index (χ1v) is 11.6. The summed E-state index contributed by atoms with van der Waals surface area (Å²) < 4.78 is 8.87. The van der Waals surface area contributed by atoms with Crippen molar-refractivity contribution in [3.63, 3.8) is 0 Å². The van der Waals surface area contributed by atoms with E-state index < -0.39 is 0 Å². The molecule has 32 heavy (non-hydrogen) atoms. The molecule has 1 atom stereocenters. The fourth-order valence-corrected chi connectivity index (χ4v) is 5.99. The molecule has 4 heterocycles. The van der Waals surface area contributed by atoms with Crippen LogP contribution in [0.25, 0.3) is 26.0 Å². The second kappa shape index (κ2) is 7.98. The van der Waals surface area contributed by atoms with Gasteiger partial charge in [-0.05, 0) is 55.0 Å². The Kier molecular flexibility index (Phi) is 5.13. The van der Waals surface area contributed by atoms with Crippen LogP contribution >= 0.6 is 11.3 Å². The largest absolute Gasteiger partial charge is 0.495 e. The van der Waals surface area contributed by atoms with E-state index in [1.807, 2.05) is 11.1 Å². The van der Waals surface area contributed by atoms with Crippen LogP contribution in [0.3, 0.4) is 0 Å². The number of aromatic nitrogens is 2. The summed E-state index contributed by atoms with van der Waals surface area (Å²) in [6.45, 7) is 6.52. The summed E-state index contributed by atoms with van der Waals surface area (Å²) in [5.74, 6) is 1.39. The van der Waals surface area contributed by atoms with Crippen molar-refractivity contribution in [1.82, 2.24) is 14.3 Å². The minimum Gasteiger partial charge on any atom is -0.495 e. The highest BCUT2D eigenvalue weighted by Gasteiger charge is 2.29. The van der Waals surface area contributed by atoms with Crippen molar-refractivity contribution in [3.05, 3.63) is 60.6 Å². The number of rotatable bonds is 5. The van der Waals surface area contributed by atoms with Crippen molar-refractivity contribution < 1.29 is 9.53 Å². The fourth-order valence-electron chi connectivity index (χ4n) is 4.84. The zero-order chi connectivity index (χ0) is 22.4. The number of benzene rings is 1. The van der Waals surface area contributed by atoms with Gasteiger partial charge in [-0.15, -0.1) is 11.3 Å². The van der Waals surface area contributed by atoms with E-state index in [0.717, 1.165) is 68.9 Å². The number of anilines is 1. The lowest BCUT2D eigenvalue weighted by molar-refractivity contribution is -0.126. The number of nitrogen functional groups attached to an aromatic ring is 1. The van der Waals surface area contributed by atoms with E-state index in [1.54, 1.807) is 24.6 Å². The predicted octanol–water partition coefficient (Wildman–Crippen LogP) is 4.83. The Morgan fingerprint density at radius 1 is 1.38 bits per heavy atom. The van der Waals surface area contributed by atoms with Crippen LogP contribution in [0.2, 0.25) is 0 Å². The van der Waals surface area contributed by atoms with E-state index in [2.05, 4.69) is 47.2 Å². The standard InChI is InChI=1S/C25H26N4O2S/c1-4-22(30)28-8-5-6-17(28)13-18-14-19(23-25(26)27-7-9-29(18)23)21-12-16-10-15(2)11-20(31-3)24(16)32-21/h4,7,9-12,14,17H,1,5-6,8,13H2,2-3H3,(H2,26,27)/t17-/m1/s1. The highest BCUT2D eigenvalue weighted by molar-refractivity contribution is 7.22. The molecule has 4 aromatic rings. The van der Waals surface area contributed by atoms with Crippen molar-refractivity contribution in [2.75, 3.05) is 19.4 Å². The van der Waals surface area contributed by atoms with Gasteiger partial charge in [-0.2, -0.15) is 0 Å². The molecule has 1 fully saturated rings. The quantitative estimate of drug-likeness (QED) is 0.446. The summed E-state index contributed by atoms with van der Waals surface area (Å²) in [5, 5.41) is 1.16. The zero-order valence-electron chi connectivity index (χ0n) is 18.3. The number of amides is 1. The Labute approximate surface area is 190 Å². The van der Waals surface area contributed by atoms with Crippen LogP contribution in [-0.4, -0.2) is 39.9 Å². The van der Waals surface area contributed by atoms with Gasteiger partial charge >= 0.3 is 0 Å². The van der Waals surface area contributed by atoms with Crippen LogP contribution in [0.5, 0.6) is 5.75 Å².